The monoisotopic (exact) mass is 343 g/mol. The molecule has 3 rings (SSSR count). The van der Waals surface area contributed by atoms with Gasteiger partial charge >= 0.3 is 0 Å². The first kappa shape index (κ1) is 16.8. The molecule has 1 heterocycles. The lowest BCUT2D eigenvalue weighted by atomic mass is 10.1. The zero-order chi connectivity index (χ0) is 16.4. The van der Waals surface area contributed by atoms with Crippen molar-refractivity contribution in [2.45, 2.75) is 43.2 Å². The average Bonchev–Trinajstić information content (AvgIpc) is 3.29. The Hall–Kier alpha value is -1.02. The van der Waals surface area contributed by atoms with Crippen LogP contribution >= 0.6 is 0 Å². The minimum absolute atomic E-state index is 0.0883. The molecule has 1 aliphatic carbocycles. The summed E-state index contributed by atoms with van der Waals surface area (Å²) in [5.74, 6) is 0.169. The van der Waals surface area contributed by atoms with Gasteiger partial charge in [-0.1, -0.05) is 0 Å². The van der Waals surface area contributed by atoms with E-state index in [1.54, 1.807) is 6.92 Å². The molecule has 1 aromatic rings. The van der Waals surface area contributed by atoms with Crippen molar-refractivity contribution >= 4 is 10.0 Å². The van der Waals surface area contributed by atoms with Crippen LogP contribution in [-0.2, 0) is 19.5 Å². The van der Waals surface area contributed by atoms with E-state index in [1.165, 1.54) is 25.0 Å². The first-order chi connectivity index (χ1) is 11.0. The molecule has 7 heteroatoms. The van der Waals surface area contributed by atoms with Gasteiger partial charge in [0.1, 0.15) is 5.82 Å². The number of sulfonamides is 1. The molecular weight excluding hydrogens is 321 g/mol. The lowest BCUT2D eigenvalue weighted by Gasteiger charge is -2.32. The minimum Gasteiger partial charge on any atom is -0.380 e. The summed E-state index contributed by atoms with van der Waals surface area (Å²) in [6.07, 6.45) is 2.87. The first-order valence-corrected chi connectivity index (χ1v) is 9.42. The Morgan fingerprint density at radius 2 is 2.13 bits per heavy atom. The highest BCUT2D eigenvalue weighted by molar-refractivity contribution is 7.89. The van der Waals surface area contributed by atoms with Gasteiger partial charge in [-0.2, -0.15) is 0 Å². The molecule has 1 saturated carbocycles. The number of ether oxygens (including phenoxy) is 2. The van der Waals surface area contributed by atoms with Crippen LogP contribution in [0.1, 0.15) is 24.8 Å². The van der Waals surface area contributed by atoms with Gasteiger partial charge < -0.3 is 9.47 Å². The second kappa shape index (κ2) is 6.84. The molecular formula is C16H22FNO4S. The van der Waals surface area contributed by atoms with Gasteiger partial charge in [-0.05, 0) is 55.9 Å². The van der Waals surface area contributed by atoms with E-state index in [2.05, 4.69) is 4.72 Å². The van der Waals surface area contributed by atoms with Crippen LogP contribution in [-0.4, -0.2) is 40.4 Å². The molecule has 1 saturated heterocycles. The molecule has 2 fully saturated rings. The van der Waals surface area contributed by atoms with Crippen molar-refractivity contribution in [2.24, 2.45) is 5.92 Å². The van der Waals surface area contributed by atoms with E-state index in [0.717, 1.165) is 6.07 Å². The zero-order valence-electron chi connectivity index (χ0n) is 13.1. The number of benzene rings is 1. The number of halogens is 1. The minimum atomic E-state index is -3.74. The predicted molar refractivity (Wildman–Crippen MR) is 83.1 cm³/mol. The lowest BCUT2D eigenvalue weighted by Crippen LogP contribution is -2.50. The van der Waals surface area contributed by atoms with Gasteiger partial charge in [0.15, 0.2) is 0 Å². The van der Waals surface area contributed by atoms with Crippen LogP contribution in [0.25, 0.3) is 0 Å². The molecule has 0 spiro atoms. The van der Waals surface area contributed by atoms with Crippen molar-refractivity contribution in [1.29, 1.82) is 0 Å². The van der Waals surface area contributed by atoms with Crippen molar-refractivity contribution in [3.63, 3.8) is 0 Å². The molecule has 2 aliphatic rings. The summed E-state index contributed by atoms with van der Waals surface area (Å²) < 4.78 is 52.3. The van der Waals surface area contributed by atoms with Gasteiger partial charge in [0.05, 0.1) is 23.6 Å². The standard InChI is InChI=1S/C16H22FNO4S/c1-11-8-13(17)4-5-16(11)23(19,20)18-14-10-21-7-6-15(14)22-9-12-2-3-12/h4-5,8,12,14-15,18H,2-3,6-7,9-10H2,1H3/t14-,15+/m1/s1. The first-order valence-electron chi connectivity index (χ1n) is 7.93. The second-order valence-electron chi connectivity index (χ2n) is 6.32. The topological polar surface area (TPSA) is 64.6 Å². The summed E-state index contributed by atoms with van der Waals surface area (Å²) >= 11 is 0. The molecule has 0 amide bonds. The molecule has 23 heavy (non-hydrogen) atoms. The molecule has 1 aliphatic heterocycles. The fraction of sp³-hybridized carbons (Fsp3) is 0.625. The van der Waals surface area contributed by atoms with E-state index in [1.807, 2.05) is 0 Å². The van der Waals surface area contributed by atoms with Gasteiger partial charge in [0, 0.05) is 13.2 Å². The Morgan fingerprint density at radius 3 is 2.83 bits per heavy atom. The Balaban J connectivity index is 1.71. The average molecular weight is 343 g/mol. The van der Waals surface area contributed by atoms with Crippen molar-refractivity contribution in [2.75, 3.05) is 19.8 Å². The summed E-state index contributed by atoms with van der Waals surface area (Å²) in [4.78, 5) is 0.0883. The van der Waals surface area contributed by atoms with Crippen LogP contribution < -0.4 is 4.72 Å². The Labute approximate surface area is 136 Å². The van der Waals surface area contributed by atoms with Crippen molar-refractivity contribution in [1.82, 2.24) is 4.72 Å². The maximum absolute atomic E-state index is 13.2. The van der Waals surface area contributed by atoms with Crippen LogP contribution in [0.3, 0.4) is 0 Å². The lowest BCUT2D eigenvalue weighted by molar-refractivity contribution is -0.0533. The predicted octanol–water partition coefficient (Wildman–Crippen LogP) is 2.00. The smallest absolute Gasteiger partial charge is 0.241 e. The van der Waals surface area contributed by atoms with E-state index in [9.17, 15) is 12.8 Å². The van der Waals surface area contributed by atoms with Gasteiger partial charge in [-0.3, -0.25) is 0 Å². The molecule has 0 unspecified atom stereocenters. The van der Waals surface area contributed by atoms with Crippen LogP contribution in [0.2, 0.25) is 0 Å². The fourth-order valence-electron chi connectivity index (χ4n) is 2.75. The third-order valence-electron chi connectivity index (χ3n) is 4.27. The highest BCUT2D eigenvalue weighted by Gasteiger charge is 2.33. The molecule has 0 aromatic heterocycles. The summed E-state index contributed by atoms with van der Waals surface area (Å²) in [5, 5.41) is 0. The molecule has 0 bridgehead atoms. The Kier molecular flexibility index (Phi) is 5.01. The van der Waals surface area contributed by atoms with E-state index in [4.69, 9.17) is 9.47 Å². The third-order valence-corrected chi connectivity index (χ3v) is 5.92. The summed E-state index contributed by atoms with van der Waals surface area (Å²) in [6.45, 7) is 3.12. The highest BCUT2D eigenvalue weighted by Crippen LogP contribution is 2.30. The molecule has 128 valence electrons. The number of rotatable bonds is 6. The summed E-state index contributed by atoms with van der Waals surface area (Å²) in [5.41, 5.74) is 0.379. The number of nitrogens with one attached hydrogen (secondary N) is 1. The fourth-order valence-corrected chi connectivity index (χ4v) is 4.22. The molecule has 1 aromatic carbocycles. The van der Waals surface area contributed by atoms with Gasteiger partial charge in [-0.25, -0.2) is 17.5 Å². The van der Waals surface area contributed by atoms with Gasteiger partial charge in [0.25, 0.3) is 0 Å². The third kappa shape index (κ3) is 4.29. The molecule has 1 N–H and O–H groups in total. The summed E-state index contributed by atoms with van der Waals surface area (Å²) in [7, 11) is -3.74. The maximum atomic E-state index is 13.2. The van der Waals surface area contributed by atoms with Gasteiger partial charge in [0.2, 0.25) is 10.0 Å². The second-order valence-corrected chi connectivity index (χ2v) is 8.00. The number of aryl methyl sites for hydroxylation is 1. The van der Waals surface area contributed by atoms with E-state index in [0.29, 0.717) is 31.1 Å². The Morgan fingerprint density at radius 1 is 1.35 bits per heavy atom. The van der Waals surface area contributed by atoms with Crippen LogP contribution in [0.5, 0.6) is 0 Å². The number of hydrogen-bond acceptors (Lipinski definition) is 4. The highest BCUT2D eigenvalue weighted by atomic mass is 32.2. The zero-order valence-corrected chi connectivity index (χ0v) is 13.9. The van der Waals surface area contributed by atoms with Crippen LogP contribution in [0, 0.1) is 18.7 Å². The normalized spacial score (nSPS) is 25.5. The number of hydrogen-bond donors (Lipinski definition) is 1. The van der Waals surface area contributed by atoms with Crippen molar-refractivity contribution < 1.29 is 22.3 Å². The maximum Gasteiger partial charge on any atom is 0.241 e. The Bertz CT molecular complexity index is 660. The molecule has 5 nitrogen and oxygen atoms in total. The van der Waals surface area contributed by atoms with E-state index < -0.39 is 21.9 Å². The van der Waals surface area contributed by atoms with E-state index in [-0.39, 0.29) is 17.6 Å². The molecule has 0 radical (unpaired) electrons. The van der Waals surface area contributed by atoms with Crippen LogP contribution in [0.4, 0.5) is 4.39 Å². The van der Waals surface area contributed by atoms with E-state index >= 15 is 0 Å². The van der Waals surface area contributed by atoms with Crippen LogP contribution in [0.15, 0.2) is 23.1 Å². The summed E-state index contributed by atoms with van der Waals surface area (Å²) in [6, 6.07) is 3.24. The van der Waals surface area contributed by atoms with Crippen molar-refractivity contribution in [3.8, 4) is 0 Å². The molecule has 2 atom stereocenters. The van der Waals surface area contributed by atoms with Gasteiger partial charge in [-0.15, -0.1) is 0 Å². The van der Waals surface area contributed by atoms with Crippen molar-refractivity contribution in [3.05, 3.63) is 29.6 Å². The largest absolute Gasteiger partial charge is 0.380 e. The SMILES string of the molecule is Cc1cc(F)ccc1S(=O)(=O)N[C@@H]1COCC[C@@H]1OCC1CC1. The quantitative estimate of drug-likeness (QED) is 0.858.